The molecule has 2 aromatic heterocycles. The average molecular weight is 395 g/mol. The Labute approximate surface area is 168 Å². The molecule has 0 aliphatic carbocycles. The van der Waals surface area contributed by atoms with Crippen molar-refractivity contribution in [1.82, 2.24) is 19.3 Å². The summed E-state index contributed by atoms with van der Waals surface area (Å²) in [5, 5.41) is 18.9. The number of aliphatic hydroxyl groups is 1. The molecule has 152 valence electrons. The van der Waals surface area contributed by atoms with Gasteiger partial charge in [-0.1, -0.05) is 18.2 Å². The van der Waals surface area contributed by atoms with Gasteiger partial charge in [-0.05, 0) is 32.4 Å². The zero-order valence-electron chi connectivity index (χ0n) is 16.9. The highest BCUT2D eigenvalue weighted by Gasteiger charge is 2.34. The van der Waals surface area contributed by atoms with Gasteiger partial charge in [0.15, 0.2) is 5.65 Å². The van der Waals surface area contributed by atoms with Crippen molar-refractivity contribution >= 4 is 28.3 Å². The van der Waals surface area contributed by atoms with Crippen LogP contribution in [-0.2, 0) is 17.4 Å². The standard InChI is InChI=1S/C21H25N5O3/c1-14(2)26-18-15-7-4-8-16(17(15)23-24-19(18)25(3)20(26)28)21(29-12-6-11-27)9-5-10-22-13-21/h4-5,7-10,14,27H,6,11-13H2,1-3H3. The van der Waals surface area contributed by atoms with Gasteiger partial charge < -0.3 is 9.84 Å². The zero-order valence-corrected chi connectivity index (χ0v) is 16.9. The Hall–Kier alpha value is -2.84. The molecule has 1 aromatic carbocycles. The number of hydrogen-bond donors (Lipinski definition) is 1. The number of benzene rings is 1. The number of hydrogen-bond acceptors (Lipinski definition) is 6. The molecular weight excluding hydrogens is 370 g/mol. The lowest BCUT2D eigenvalue weighted by atomic mass is 9.89. The molecule has 29 heavy (non-hydrogen) atoms. The summed E-state index contributed by atoms with van der Waals surface area (Å²) in [5.41, 5.74) is 1.96. The van der Waals surface area contributed by atoms with E-state index in [-0.39, 0.29) is 18.3 Å². The minimum absolute atomic E-state index is 0.0174. The Kier molecular flexibility index (Phi) is 5.06. The summed E-state index contributed by atoms with van der Waals surface area (Å²) >= 11 is 0. The van der Waals surface area contributed by atoms with Gasteiger partial charge in [0.2, 0.25) is 0 Å². The van der Waals surface area contributed by atoms with Gasteiger partial charge in [0.05, 0.1) is 13.2 Å². The van der Waals surface area contributed by atoms with Crippen molar-refractivity contribution in [3.05, 3.63) is 46.4 Å². The third-order valence-electron chi connectivity index (χ3n) is 5.32. The summed E-state index contributed by atoms with van der Waals surface area (Å²) < 4.78 is 9.51. The molecule has 8 heteroatoms. The van der Waals surface area contributed by atoms with Crippen LogP contribution in [0, 0.1) is 0 Å². The molecule has 1 N–H and O–H groups in total. The Bertz CT molecular complexity index is 1170. The summed E-state index contributed by atoms with van der Waals surface area (Å²) in [4.78, 5) is 17.2. The molecule has 3 heterocycles. The van der Waals surface area contributed by atoms with Crippen LogP contribution in [0.25, 0.3) is 22.1 Å². The fraction of sp³-hybridized carbons (Fsp3) is 0.429. The predicted molar refractivity (Wildman–Crippen MR) is 112 cm³/mol. The highest BCUT2D eigenvalue weighted by molar-refractivity contribution is 6.02. The van der Waals surface area contributed by atoms with Gasteiger partial charge in [-0.25, -0.2) is 4.79 Å². The van der Waals surface area contributed by atoms with Crippen molar-refractivity contribution in [2.24, 2.45) is 12.0 Å². The second-order valence-electron chi connectivity index (χ2n) is 7.54. The molecule has 1 atom stereocenters. The van der Waals surface area contributed by atoms with E-state index in [1.165, 1.54) is 4.57 Å². The van der Waals surface area contributed by atoms with E-state index < -0.39 is 5.60 Å². The van der Waals surface area contributed by atoms with Crippen molar-refractivity contribution in [2.75, 3.05) is 19.8 Å². The topological polar surface area (TPSA) is 94.5 Å². The van der Waals surface area contributed by atoms with Crippen LogP contribution in [0.2, 0.25) is 0 Å². The molecule has 0 radical (unpaired) electrons. The molecule has 0 spiro atoms. The van der Waals surface area contributed by atoms with Crippen molar-refractivity contribution in [2.45, 2.75) is 31.9 Å². The fourth-order valence-electron chi connectivity index (χ4n) is 3.91. The number of nitrogens with zero attached hydrogens (tertiary/aromatic N) is 5. The summed E-state index contributed by atoms with van der Waals surface area (Å²) in [6.07, 6.45) is 6.11. The molecule has 0 amide bonds. The van der Waals surface area contributed by atoms with Gasteiger partial charge in [-0.3, -0.25) is 14.1 Å². The van der Waals surface area contributed by atoms with Crippen molar-refractivity contribution < 1.29 is 9.84 Å². The predicted octanol–water partition coefficient (Wildman–Crippen LogP) is 2.10. The van der Waals surface area contributed by atoms with Crippen LogP contribution in [0.4, 0.5) is 0 Å². The maximum Gasteiger partial charge on any atom is 0.330 e. The second kappa shape index (κ2) is 7.53. The van der Waals surface area contributed by atoms with Gasteiger partial charge in [0.1, 0.15) is 16.6 Å². The molecule has 0 saturated carbocycles. The van der Waals surface area contributed by atoms with Gasteiger partial charge >= 0.3 is 5.69 Å². The molecule has 1 aliphatic rings. The molecular formula is C21H25N5O3. The van der Waals surface area contributed by atoms with Gasteiger partial charge in [-0.15, -0.1) is 10.2 Å². The lowest BCUT2D eigenvalue weighted by Gasteiger charge is -2.32. The average Bonchev–Trinajstić information content (AvgIpc) is 2.99. The van der Waals surface area contributed by atoms with E-state index in [2.05, 4.69) is 15.2 Å². The molecule has 0 bridgehead atoms. The zero-order chi connectivity index (χ0) is 20.6. The van der Waals surface area contributed by atoms with E-state index in [9.17, 15) is 4.79 Å². The molecule has 0 saturated heterocycles. The molecule has 8 nitrogen and oxygen atoms in total. The third kappa shape index (κ3) is 3.08. The van der Waals surface area contributed by atoms with Crippen LogP contribution < -0.4 is 5.69 Å². The van der Waals surface area contributed by atoms with Crippen LogP contribution in [0.5, 0.6) is 0 Å². The van der Waals surface area contributed by atoms with Gasteiger partial charge in [-0.2, -0.15) is 0 Å². The molecule has 1 unspecified atom stereocenters. The van der Waals surface area contributed by atoms with Gasteiger partial charge in [0, 0.05) is 36.9 Å². The maximum absolute atomic E-state index is 12.8. The number of fused-ring (bicyclic) bond motifs is 3. The number of aryl methyl sites for hydroxylation is 1. The van der Waals surface area contributed by atoms with E-state index in [0.29, 0.717) is 30.7 Å². The number of imidazole rings is 1. The Morgan fingerprint density at radius 3 is 2.83 bits per heavy atom. The lowest BCUT2D eigenvalue weighted by Crippen LogP contribution is -2.33. The van der Waals surface area contributed by atoms with Crippen LogP contribution >= 0.6 is 0 Å². The first-order valence-electron chi connectivity index (χ1n) is 9.79. The first-order valence-corrected chi connectivity index (χ1v) is 9.79. The first-order chi connectivity index (χ1) is 14.0. The van der Waals surface area contributed by atoms with E-state index in [0.717, 1.165) is 16.5 Å². The monoisotopic (exact) mass is 395 g/mol. The van der Waals surface area contributed by atoms with E-state index in [1.54, 1.807) is 17.8 Å². The number of rotatable bonds is 6. The summed E-state index contributed by atoms with van der Waals surface area (Å²) in [6.45, 7) is 4.83. The van der Waals surface area contributed by atoms with E-state index >= 15 is 0 Å². The Morgan fingerprint density at radius 2 is 2.14 bits per heavy atom. The quantitative estimate of drug-likeness (QED) is 0.645. The highest BCUT2D eigenvalue weighted by Crippen LogP contribution is 2.36. The van der Waals surface area contributed by atoms with E-state index in [4.69, 9.17) is 9.84 Å². The molecule has 1 aliphatic heterocycles. The fourth-order valence-corrected chi connectivity index (χ4v) is 3.91. The number of aromatic nitrogens is 4. The van der Waals surface area contributed by atoms with Crippen LogP contribution in [0.15, 0.2) is 40.1 Å². The molecule has 4 rings (SSSR count). The molecule has 0 fully saturated rings. The Morgan fingerprint density at radius 1 is 1.31 bits per heavy atom. The number of dihydropyridines is 1. The van der Waals surface area contributed by atoms with E-state index in [1.807, 2.05) is 44.2 Å². The van der Waals surface area contributed by atoms with Crippen molar-refractivity contribution in [1.29, 1.82) is 0 Å². The second-order valence-corrected chi connectivity index (χ2v) is 7.54. The number of aliphatic imine (C=N–C) groups is 1. The van der Waals surface area contributed by atoms with Gasteiger partial charge in [0.25, 0.3) is 0 Å². The summed E-state index contributed by atoms with van der Waals surface area (Å²) in [5.74, 6) is 0. The number of ether oxygens (including phenoxy) is 1. The summed E-state index contributed by atoms with van der Waals surface area (Å²) in [7, 11) is 1.71. The smallest absolute Gasteiger partial charge is 0.330 e. The Balaban J connectivity index is 2.00. The maximum atomic E-state index is 12.8. The van der Waals surface area contributed by atoms with Crippen LogP contribution in [0.1, 0.15) is 31.9 Å². The third-order valence-corrected chi connectivity index (χ3v) is 5.32. The van der Waals surface area contributed by atoms with Crippen molar-refractivity contribution in [3.63, 3.8) is 0 Å². The lowest BCUT2D eigenvalue weighted by molar-refractivity contribution is -0.0108. The first kappa shape index (κ1) is 19.5. The minimum atomic E-state index is -0.788. The number of allylic oxidation sites excluding steroid dienone is 1. The highest BCUT2D eigenvalue weighted by atomic mass is 16.5. The SMILES string of the molecule is CC(C)n1c(=O)n(C)c2nnc3c(C4(OCCCO)C=CC=NC4)cccc3c21. The summed E-state index contributed by atoms with van der Waals surface area (Å²) in [6, 6.07) is 5.86. The van der Waals surface area contributed by atoms with Crippen LogP contribution in [-0.4, -0.2) is 50.4 Å². The number of aliphatic hydroxyl groups excluding tert-OH is 1. The molecule has 3 aromatic rings. The largest absolute Gasteiger partial charge is 0.396 e. The van der Waals surface area contributed by atoms with Crippen LogP contribution in [0.3, 0.4) is 0 Å². The normalized spacial score (nSPS) is 19.1. The minimum Gasteiger partial charge on any atom is -0.396 e. The van der Waals surface area contributed by atoms with Crippen molar-refractivity contribution in [3.8, 4) is 0 Å².